The lowest BCUT2D eigenvalue weighted by Gasteiger charge is -2.51. The van der Waals surface area contributed by atoms with Gasteiger partial charge in [-0.1, -0.05) is 66.0 Å². The molecule has 4 rings (SSSR count). The summed E-state index contributed by atoms with van der Waals surface area (Å²) in [5.74, 6) is 4.48. The van der Waals surface area contributed by atoms with Gasteiger partial charge in [-0.2, -0.15) is 0 Å². The molecule has 4 aliphatic carbocycles. The lowest BCUT2D eigenvalue weighted by Crippen LogP contribution is -2.43. The van der Waals surface area contributed by atoms with E-state index in [1.807, 2.05) is 13.8 Å². The van der Waals surface area contributed by atoms with E-state index in [0.29, 0.717) is 5.41 Å². The number of hydrogen-bond donors (Lipinski definition) is 1. The van der Waals surface area contributed by atoms with Crippen LogP contribution in [0.4, 0.5) is 0 Å². The maximum Gasteiger partial charge on any atom is 0.0615 e. The Morgan fingerprint density at radius 1 is 1.07 bits per heavy atom. The first kappa shape index (κ1) is 22.1. The van der Waals surface area contributed by atoms with Gasteiger partial charge >= 0.3 is 0 Å². The minimum Gasteiger partial charge on any atom is -0.392 e. The van der Waals surface area contributed by atoms with E-state index in [-0.39, 0.29) is 6.10 Å². The van der Waals surface area contributed by atoms with Crippen LogP contribution < -0.4 is 0 Å². The topological polar surface area (TPSA) is 20.2 Å². The first-order valence-corrected chi connectivity index (χ1v) is 12.6. The SMILES string of the molecule is CC.CC(C)CCCCC1CCC2C3CC=C4CC(O)CC=C4C3CCC12C. The van der Waals surface area contributed by atoms with Crippen LogP contribution in [0.25, 0.3) is 0 Å². The first-order chi connectivity index (χ1) is 13.5. The molecule has 160 valence electrons. The summed E-state index contributed by atoms with van der Waals surface area (Å²) in [5, 5.41) is 10.0. The van der Waals surface area contributed by atoms with Gasteiger partial charge in [0.1, 0.15) is 0 Å². The average Bonchev–Trinajstić information content (AvgIpc) is 3.02. The largest absolute Gasteiger partial charge is 0.392 e. The highest BCUT2D eigenvalue weighted by Gasteiger charge is 2.54. The molecule has 0 aromatic carbocycles. The molecule has 6 atom stereocenters. The smallest absolute Gasteiger partial charge is 0.0615 e. The highest BCUT2D eigenvalue weighted by Crippen LogP contribution is 2.63. The minimum absolute atomic E-state index is 0.128. The van der Waals surface area contributed by atoms with Gasteiger partial charge in [-0.25, -0.2) is 0 Å². The van der Waals surface area contributed by atoms with Crippen LogP contribution in [0.15, 0.2) is 23.3 Å². The molecule has 0 saturated heterocycles. The van der Waals surface area contributed by atoms with Crippen LogP contribution in [-0.4, -0.2) is 11.2 Å². The third-order valence-corrected chi connectivity index (χ3v) is 8.69. The monoisotopic (exact) mass is 386 g/mol. The molecular formula is C27H46O. The van der Waals surface area contributed by atoms with E-state index >= 15 is 0 Å². The molecule has 28 heavy (non-hydrogen) atoms. The van der Waals surface area contributed by atoms with E-state index in [2.05, 4.69) is 32.9 Å². The molecule has 0 aliphatic heterocycles. The highest BCUT2D eigenvalue weighted by atomic mass is 16.3. The molecule has 0 bridgehead atoms. The Morgan fingerprint density at radius 2 is 1.86 bits per heavy atom. The lowest BCUT2D eigenvalue weighted by atomic mass is 9.53. The summed E-state index contributed by atoms with van der Waals surface area (Å²) in [7, 11) is 0. The number of fused-ring (bicyclic) bond motifs is 5. The molecule has 0 aromatic rings. The Hall–Kier alpha value is -0.560. The van der Waals surface area contributed by atoms with Crippen LogP contribution >= 0.6 is 0 Å². The van der Waals surface area contributed by atoms with Crippen molar-refractivity contribution in [3.63, 3.8) is 0 Å². The number of unbranched alkanes of at least 4 members (excludes halogenated alkanes) is 1. The van der Waals surface area contributed by atoms with Gasteiger partial charge in [0.25, 0.3) is 0 Å². The van der Waals surface area contributed by atoms with E-state index in [4.69, 9.17) is 0 Å². The van der Waals surface area contributed by atoms with Crippen molar-refractivity contribution in [1.29, 1.82) is 0 Å². The quantitative estimate of drug-likeness (QED) is 0.480. The summed E-state index contributed by atoms with van der Waals surface area (Å²) < 4.78 is 0. The fourth-order valence-electron chi connectivity index (χ4n) is 7.25. The van der Waals surface area contributed by atoms with Gasteiger partial charge < -0.3 is 5.11 Å². The van der Waals surface area contributed by atoms with Gasteiger partial charge in [-0.05, 0) is 97.5 Å². The summed E-state index contributed by atoms with van der Waals surface area (Å²) in [6.07, 6.45) is 19.4. The number of aliphatic hydroxyl groups is 1. The number of aliphatic hydroxyl groups excluding tert-OH is 1. The zero-order chi connectivity index (χ0) is 20.3. The van der Waals surface area contributed by atoms with Gasteiger partial charge in [0, 0.05) is 0 Å². The average molecular weight is 387 g/mol. The van der Waals surface area contributed by atoms with Gasteiger partial charge in [-0.3, -0.25) is 0 Å². The van der Waals surface area contributed by atoms with Gasteiger partial charge in [0.05, 0.1) is 6.10 Å². The normalized spacial score (nSPS) is 39.2. The van der Waals surface area contributed by atoms with E-state index in [1.165, 1.54) is 63.4 Å². The molecular weight excluding hydrogens is 340 g/mol. The second-order valence-electron chi connectivity index (χ2n) is 10.6. The second-order valence-corrected chi connectivity index (χ2v) is 10.6. The van der Waals surface area contributed by atoms with Crippen molar-refractivity contribution < 1.29 is 5.11 Å². The molecule has 0 radical (unpaired) electrons. The van der Waals surface area contributed by atoms with Gasteiger partial charge in [0.2, 0.25) is 0 Å². The maximum absolute atomic E-state index is 10.0. The van der Waals surface area contributed by atoms with E-state index in [1.54, 1.807) is 5.57 Å². The summed E-state index contributed by atoms with van der Waals surface area (Å²) in [6.45, 7) is 11.4. The zero-order valence-electron chi connectivity index (χ0n) is 19.3. The summed E-state index contributed by atoms with van der Waals surface area (Å²) in [5.41, 5.74) is 3.75. The molecule has 2 saturated carbocycles. The predicted molar refractivity (Wildman–Crippen MR) is 121 cm³/mol. The van der Waals surface area contributed by atoms with E-state index in [9.17, 15) is 5.11 Å². The summed E-state index contributed by atoms with van der Waals surface area (Å²) in [4.78, 5) is 0. The van der Waals surface area contributed by atoms with Crippen LogP contribution in [-0.2, 0) is 0 Å². The van der Waals surface area contributed by atoms with Crippen LogP contribution in [0.2, 0.25) is 0 Å². The molecule has 4 aliphatic rings. The number of rotatable bonds is 5. The Bertz CT molecular complexity index is 571. The van der Waals surface area contributed by atoms with E-state index < -0.39 is 0 Å². The fourth-order valence-corrected chi connectivity index (χ4v) is 7.25. The van der Waals surface area contributed by atoms with Crippen molar-refractivity contribution in [1.82, 2.24) is 0 Å². The summed E-state index contributed by atoms with van der Waals surface area (Å²) in [6, 6.07) is 0. The minimum atomic E-state index is -0.128. The lowest BCUT2D eigenvalue weighted by molar-refractivity contribution is 0.0185. The van der Waals surface area contributed by atoms with Crippen molar-refractivity contribution in [2.24, 2.45) is 35.0 Å². The molecule has 0 amide bonds. The third kappa shape index (κ3) is 4.30. The molecule has 0 aromatic heterocycles. The van der Waals surface area contributed by atoms with Gasteiger partial charge in [0.15, 0.2) is 0 Å². The molecule has 0 heterocycles. The molecule has 0 spiro atoms. The Labute approximate surface area is 175 Å². The number of allylic oxidation sites excluding steroid dienone is 2. The van der Waals surface area contributed by atoms with Crippen LogP contribution in [0.1, 0.15) is 105 Å². The summed E-state index contributed by atoms with van der Waals surface area (Å²) >= 11 is 0. The molecule has 1 N–H and O–H groups in total. The Morgan fingerprint density at radius 3 is 2.61 bits per heavy atom. The Kier molecular flexibility index (Phi) is 7.51. The van der Waals surface area contributed by atoms with Crippen molar-refractivity contribution in [3.05, 3.63) is 23.3 Å². The zero-order valence-corrected chi connectivity index (χ0v) is 19.3. The number of hydrogen-bond acceptors (Lipinski definition) is 1. The van der Waals surface area contributed by atoms with Crippen LogP contribution in [0.3, 0.4) is 0 Å². The van der Waals surface area contributed by atoms with Crippen molar-refractivity contribution in [2.75, 3.05) is 0 Å². The molecule has 1 nitrogen and oxygen atoms in total. The second kappa shape index (κ2) is 9.50. The van der Waals surface area contributed by atoms with Crippen molar-refractivity contribution in [2.45, 2.75) is 111 Å². The van der Waals surface area contributed by atoms with Crippen LogP contribution in [0.5, 0.6) is 0 Å². The first-order valence-electron chi connectivity index (χ1n) is 12.6. The fraction of sp³-hybridized carbons (Fsp3) is 0.852. The Balaban J connectivity index is 0.00000109. The van der Waals surface area contributed by atoms with Crippen molar-refractivity contribution >= 4 is 0 Å². The molecule has 2 fully saturated rings. The highest BCUT2D eigenvalue weighted by molar-refractivity contribution is 5.40. The third-order valence-electron chi connectivity index (χ3n) is 8.69. The molecule has 1 heteroatoms. The van der Waals surface area contributed by atoms with Crippen molar-refractivity contribution in [3.8, 4) is 0 Å². The standard InChI is InChI=1S/C25H40O.C2H6/c1-17(2)6-4-5-7-19-9-13-24-23-11-8-18-16-20(26)10-12-21(18)22(23)14-15-25(19,24)3;1-2/h8,12,17,19-20,22-24,26H,4-7,9-11,13-16H2,1-3H3;1-2H3. The van der Waals surface area contributed by atoms with E-state index in [0.717, 1.165) is 42.4 Å². The molecule has 6 unspecified atom stereocenters. The predicted octanol–water partition coefficient (Wildman–Crippen LogP) is 7.70. The maximum atomic E-state index is 10.0. The van der Waals surface area contributed by atoms with Crippen LogP contribution in [0, 0.1) is 35.0 Å². The van der Waals surface area contributed by atoms with Gasteiger partial charge in [-0.15, -0.1) is 0 Å².